The molecule has 0 aliphatic rings. The molecular weight excluding hydrogens is 272 g/mol. The maximum Gasteiger partial charge on any atom is 0.333 e. The molecule has 2 aromatic rings. The fourth-order valence-electron chi connectivity index (χ4n) is 2.04. The summed E-state index contributed by atoms with van der Waals surface area (Å²) in [5, 5.41) is 14.3. The van der Waals surface area contributed by atoms with Gasteiger partial charge in [-0.2, -0.15) is 0 Å². The van der Waals surface area contributed by atoms with Gasteiger partial charge in [0.15, 0.2) is 5.75 Å². The fourth-order valence-corrected chi connectivity index (χ4v) is 2.04. The number of benzene rings is 1. The van der Waals surface area contributed by atoms with Crippen molar-refractivity contribution in [3.63, 3.8) is 0 Å². The van der Waals surface area contributed by atoms with Crippen LogP contribution < -0.4 is 10.1 Å². The van der Waals surface area contributed by atoms with E-state index in [1.807, 2.05) is 0 Å². The van der Waals surface area contributed by atoms with Crippen LogP contribution in [0.1, 0.15) is 19.2 Å². The number of nitrogens with zero attached hydrogens (tertiary/aromatic N) is 2. The maximum absolute atomic E-state index is 11.2. The molecule has 112 valence electrons. The lowest BCUT2D eigenvalue weighted by Gasteiger charge is -2.10. The second-order valence-corrected chi connectivity index (χ2v) is 4.41. The Morgan fingerprint density at radius 1 is 1.48 bits per heavy atom. The summed E-state index contributed by atoms with van der Waals surface area (Å²) in [6, 6.07) is 5.04. The number of aryl methyl sites for hydroxylation is 1. The quantitative estimate of drug-likeness (QED) is 0.443. The van der Waals surface area contributed by atoms with Gasteiger partial charge < -0.3 is 15.0 Å². The molecule has 0 atom stereocenters. The first-order chi connectivity index (χ1) is 10.2. The molecule has 0 aliphatic heterocycles. The van der Waals surface area contributed by atoms with Gasteiger partial charge in [0.05, 0.1) is 11.5 Å². The average Bonchev–Trinajstić information content (AvgIpc) is 2.97. The van der Waals surface area contributed by atoms with Gasteiger partial charge in [-0.3, -0.25) is 10.1 Å². The summed E-state index contributed by atoms with van der Waals surface area (Å²) in [7, 11) is 0. The van der Waals surface area contributed by atoms with Crippen molar-refractivity contribution in [1.29, 1.82) is 0 Å². The highest BCUT2D eigenvalue weighted by molar-refractivity contribution is 5.68. The number of H-pyrrole nitrogens is 1. The van der Waals surface area contributed by atoms with E-state index in [0.717, 1.165) is 18.7 Å². The zero-order valence-corrected chi connectivity index (χ0v) is 11.8. The van der Waals surface area contributed by atoms with Crippen molar-refractivity contribution < 1.29 is 9.66 Å². The normalized spacial score (nSPS) is 10.3. The molecule has 1 aromatic heterocycles. The number of aromatic nitrogens is 2. The molecule has 0 spiro atoms. The monoisotopic (exact) mass is 290 g/mol. The van der Waals surface area contributed by atoms with Crippen molar-refractivity contribution in [1.82, 2.24) is 9.97 Å². The summed E-state index contributed by atoms with van der Waals surface area (Å²) >= 11 is 0. The summed E-state index contributed by atoms with van der Waals surface area (Å²) in [5.74, 6) is 1.20. The topological polar surface area (TPSA) is 93.1 Å². The minimum atomic E-state index is -0.417. The van der Waals surface area contributed by atoms with Crippen LogP contribution in [0.4, 0.5) is 11.4 Å². The number of rotatable bonds is 8. The van der Waals surface area contributed by atoms with Crippen LogP contribution in [0.15, 0.2) is 30.6 Å². The van der Waals surface area contributed by atoms with Crippen molar-refractivity contribution in [2.75, 3.05) is 18.5 Å². The van der Waals surface area contributed by atoms with E-state index in [1.54, 1.807) is 37.5 Å². The summed E-state index contributed by atoms with van der Waals surface area (Å²) < 4.78 is 5.31. The van der Waals surface area contributed by atoms with Crippen molar-refractivity contribution in [2.24, 2.45) is 0 Å². The molecule has 1 aromatic carbocycles. The van der Waals surface area contributed by atoms with Gasteiger partial charge in [0, 0.05) is 25.4 Å². The highest BCUT2D eigenvalue weighted by Gasteiger charge is 2.20. The van der Waals surface area contributed by atoms with Crippen LogP contribution in [-0.4, -0.2) is 28.0 Å². The molecule has 2 N–H and O–H groups in total. The lowest BCUT2D eigenvalue weighted by atomic mass is 10.2. The third-order valence-electron chi connectivity index (χ3n) is 2.94. The number of ether oxygens (including phenoxy) is 1. The fraction of sp³-hybridized carbons (Fsp3) is 0.357. The molecular formula is C14H18N4O3. The van der Waals surface area contributed by atoms with Gasteiger partial charge in [-0.25, -0.2) is 4.98 Å². The first-order valence-corrected chi connectivity index (χ1v) is 6.84. The Labute approximate surface area is 122 Å². The second-order valence-electron chi connectivity index (χ2n) is 4.41. The lowest BCUT2D eigenvalue weighted by molar-refractivity contribution is -0.384. The minimum absolute atomic E-state index is 0.0163. The number of anilines is 1. The molecule has 0 fully saturated rings. The molecule has 0 unspecified atom stereocenters. The Bertz CT molecular complexity index is 584. The van der Waals surface area contributed by atoms with Crippen LogP contribution in [0.25, 0.3) is 0 Å². The third kappa shape index (κ3) is 3.95. The smallest absolute Gasteiger partial charge is 0.333 e. The number of nitro groups is 1. The van der Waals surface area contributed by atoms with Gasteiger partial charge in [0.25, 0.3) is 0 Å². The number of nitro benzene ring substituents is 1. The van der Waals surface area contributed by atoms with E-state index >= 15 is 0 Å². The Hall–Kier alpha value is -2.57. The molecule has 7 nitrogen and oxygen atoms in total. The SMILES string of the molecule is CCOc1cccc(NCCCc2ncc[nH]2)c1[N+](=O)[O-]. The Morgan fingerprint density at radius 2 is 2.33 bits per heavy atom. The third-order valence-corrected chi connectivity index (χ3v) is 2.94. The average molecular weight is 290 g/mol. The van der Waals surface area contributed by atoms with E-state index < -0.39 is 4.92 Å². The Morgan fingerprint density at radius 3 is 3.00 bits per heavy atom. The second kappa shape index (κ2) is 7.28. The summed E-state index contributed by atoms with van der Waals surface area (Å²) in [6.45, 7) is 2.81. The highest BCUT2D eigenvalue weighted by Crippen LogP contribution is 2.34. The van der Waals surface area contributed by atoms with Crippen LogP contribution in [0.5, 0.6) is 5.75 Å². The predicted octanol–water partition coefficient (Wildman–Crippen LogP) is 2.76. The lowest BCUT2D eigenvalue weighted by Crippen LogP contribution is -2.07. The zero-order valence-electron chi connectivity index (χ0n) is 11.8. The van der Waals surface area contributed by atoms with Gasteiger partial charge in [-0.15, -0.1) is 0 Å². The van der Waals surface area contributed by atoms with Crippen LogP contribution in [0.2, 0.25) is 0 Å². The number of nitrogens with one attached hydrogen (secondary N) is 2. The standard InChI is InChI=1S/C14H18N4O3/c1-2-21-12-6-3-5-11(14(12)18(19)20)15-8-4-7-13-16-9-10-17-13/h3,5-6,9-10,15H,2,4,7-8H2,1H3,(H,16,17). The van der Waals surface area contributed by atoms with Gasteiger partial charge in [-0.05, 0) is 25.5 Å². The van der Waals surface area contributed by atoms with E-state index in [1.165, 1.54) is 0 Å². The van der Waals surface area contributed by atoms with E-state index in [0.29, 0.717) is 24.6 Å². The van der Waals surface area contributed by atoms with E-state index in [4.69, 9.17) is 4.74 Å². The van der Waals surface area contributed by atoms with Crippen molar-refractivity contribution >= 4 is 11.4 Å². The molecule has 1 heterocycles. The van der Waals surface area contributed by atoms with E-state index in [-0.39, 0.29) is 5.69 Å². The van der Waals surface area contributed by atoms with Gasteiger partial charge in [-0.1, -0.05) is 6.07 Å². The Kier molecular flexibility index (Phi) is 5.14. The molecule has 7 heteroatoms. The first-order valence-electron chi connectivity index (χ1n) is 6.84. The summed E-state index contributed by atoms with van der Waals surface area (Å²) in [5.41, 5.74) is 0.461. The number of aromatic amines is 1. The van der Waals surface area contributed by atoms with Crippen molar-refractivity contribution in [3.8, 4) is 5.75 Å². The maximum atomic E-state index is 11.2. The summed E-state index contributed by atoms with van der Waals surface area (Å²) in [4.78, 5) is 17.9. The molecule has 0 saturated carbocycles. The van der Waals surface area contributed by atoms with Crippen LogP contribution in [-0.2, 0) is 6.42 Å². The van der Waals surface area contributed by atoms with Gasteiger partial charge in [0.2, 0.25) is 0 Å². The predicted molar refractivity (Wildman–Crippen MR) is 79.7 cm³/mol. The van der Waals surface area contributed by atoms with Crippen LogP contribution in [0.3, 0.4) is 0 Å². The summed E-state index contributed by atoms with van der Waals surface area (Å²) in [6.07, 6.45) is 5.10. The molecule has 2 rings (SSSR count). The van der Waals surface area contributed by atoms with Crippen LogP contribution >= 0.6 is 0 Å². The molecule has 0 saturated heterocycles. The van der Waals surface area contributed by atoms with Crippen molar-refractivity contribution in [3.05, 3.63) is 46.5 Å². The van der Waals surface area contributed by atoms with Gasteiger partial charge >= 0.3 is 5.69 Å². The number of hydrogen-bond donors (Lipinski definition) is 2. The molecule has 0 aliphatic carbocycles. The molecule has 0 amide bonds. The molecule has 0 bridgehead atoms. The molecule has 21 heavy (non-hydrogen) atoms. The Balaban J connectivity index is 1.98. The van der Waals surface area contributed by atoms with E-state index in [9.17, 15) is 10.1 Å². The van der Waals surface area contributed by atoms with Crippen LogP contribution in [0, 0.1) is 10.1 Å². The number of imidazole rings is 1. The zero-order chi connectivity index (χ0) is 15.1. The van der Waals surface area contributed by atoms with Crippen molar-refractivity contribution in [2.45, 2.75) is 19.8 Å². The van der Waals surface area contributed by atoms with Gasteiger partial charge in [0.1, 0.15) is 11.5 Å². The largest absolute Gasteiger partial charge is 0.487 e. The minimum Gasteiger partial charge on any atom is -0.487 e. The first kappa shape index (κ1) is 14.8. The highest BCUT2D eigenvalue weighted by atomic mass is 16.6. The molecule has 0 radical (unpaired) electrons. The number of para-hydroxylation sites is 1. The number of hydrogen-bond acceptors (Lipinski definition) is 5. The van der Waals surface area contributed by atoms with E-state index in [2.05, 4.69) is 15.3 Å².